The molecule has 0 bridgehead atoms. The molecule has 1 aromatic carbocycles. The van der Waals surface area contributed by atoms with Gasteiger partial charge in [-0.05, 0) is 49.9 Å². The molecule has 0 spiro atoms. The van der Waals surface area contributed by atoms with E-state index >= 15 is 0 Å². The van der Waals surface area contributed by atoms with Crippen molar-refractivity contribution in [1.82, 2.24) is 10.2 Å². The van der Waals surface area contributed by atoms with E-state index in [4.69, 9.17) is 5.26 Å². The number of nitrogens with one attached hydrogen (secondary N) is 1. The predicted octanol–water partition coefficient (Wildman–Crippen LogP) is 3.59. The minimum absolute atomic E-state index is 0.0901. The summed E-state index contributed by atoms with van der Waals surface area (Å²) in [5.41, 5.74) is 0.761. The van der Waals surface area contributed by atoms with Gasteiger partial charge in [0.05, 0.1) is 12.5 Å². The number of rotatable bonds is 10. The van der Waals surface area contributed by atoms with Gasteiger partial charge in [-0.3, -0.25) is 14.5 Å². The number of carbonyl (C=O) groups is 2. The van der Waals surface area contributed by atoms with E-state index in [-0.39, 0.29) is 31.1 Å². The predicted molar refractivity (Wildman–Crippen MR) is 120 cm³/mol. The highest BCUT2D eigenvalue weighted by atomic mass is 16.2. The van der Waals surface area contributed by atoms with Crippen molar-refractivity contribution in [3.8, 4) is 6.07 Å². The van der Waals surface area contributed by atoms with Crippen LogP contribution in [0.15, 0.2) is 30.3 Å². The van der Waals surface area contributed by atoms with E-state index in [0.717, 1.165) is 24.7 Å². The van der Waals surface area contributed by atoms with Gasteiger partial charge in [0.25, 0.3) is 0 Å². The van der Waals surface area contributed by atoms with Crippen molar-refractivity contribution in [2.24, 2.45) is 11.8 Å². The number of likely N-dealkylation sites (tertiary alicyclic amines) is 1. The van der Waals surface area contributed by atoms with Gasteiger partial charge in [0.2, 0.25) is 11.8 Å². The third-order valence-corrected chi connectivity index (χ3v) is 5.95. The Labute approximate surface area is 181 Å². The molecular weight excluding hydrogens is 376 g/mol. The number of para-hydroxylation sites is 1. The van der Waals surface area contributed by atoms with Gasteiger partial charge in [-0.1, -0.05) is 39.0 Å². The Kier molecular flexibility index (Phi) is 9.82. The van der Waals surface area contributed by atoms with Crippen LogP contribution in [-0.4, -0.2) is 48.9 Å². The lowest BCUT2D eigenvalue weighted by molar-refractivity contribution is -0.125. The number of piperidine rings is 1. The van der Waals surface area contributed by atoms with Crippen LogP contribution in [0.2, 0.25) is 0 Å². The Morgan fingerprint density at radius 3 is 2.47 bits per heavy atom. The van der Waals surface area contributed by atoms with Crippen molar-refractivity contribution in [2.45, 2.75) is 58.9 Å². The van der Waals surface area contributed by atoms with Crippen LogP contribution in [-0.2, 0) is 9.59 Å². The molecule has 0 aromatic heterocycles. The Bertz CT molecular complexity index is 706. The second kappa shape index (κ2) is 12.3. The van der Waals surface area contributed by atoms with E-state index in [2.05, 4.69) is 37.1 Å². The van der Waals surface area contributed by atoms with Crippen LogP contribution in [0, 0.1) is 23.2 Å². The first-order valence-electron chi connectivity index (χ1n) is 11.2. The highest BCUT2D eigenvalue weighted by Gasteiger charge is 2.26. The quantitative estimate of drug-likeness (QED) is 0.637. The van der Waals surface area contributed by atoms with Crippen molar-refractivity contribution >= 4 is 17.5 Å². The fraction of sp³-hybridized carbons (Fsp3) is 0.625. The number of amides is 2. The van der Waals surface area contributed by atoms with E-state index in [9.17, 15) is 9.59 Å². The average molecular weight is 413 g/mol. The maximum absolute atomic E-state index is 12.7. The van der Waals surface area contributed by atoms with Gasteiger partial charge in [-0.2, -0.15) is 5.26 Å². The molecule has 30 heavy (non-hydrogen) atoms. The lowest BCUT2D eigenvalue weighted by Crippen LogP contribution is -2.49. The lowest BCUT2D eigenvalue weighted by atomic mass is 9.94. The van der Waals surface area contributed by atoms with Crippen LogP contribution in [0.5, 0.6) is 0 Å². The summed E-state index contributed by atoms with van der Waals surface area (Å²) >= 11 is 0. The van der Waals surface area contributed by atoms with Crippen LogP contribution >= 0.6 is 0 Å². The van der Waals surface area contributed by atoms with Gasteiger partial charge in [0, 0.05) is 37.7 Å². The molecule has 1 saturated heterocycles. The van der Waals surface area contributed by atoms with E-state index in [1.54, 1.807) is 4.90 Å². The third kappa shape index (κ3) is 7.46. The van der Waals surface area contributed by atoms with E-state index in [1.165, 1.54) is 12.8 Å². The van der Waals surface area contributed by atoms with E-state index in [1.807, 2.05) is 30.3 Å². The van der Waals surface area contributed by atoms with Crippen molar-refractivity contribution < 1.29 is 9.59 Å². The Morgan fingerprint density at radius 2 is 1.87 bits per heavy atom. The van der Waals surface area contributed by atoms with Crippen LogP contribution < -0.4 is 10.2 Å². The average Bonchev–Trinajstić information content (AvgIpc) is 2.74. The second-order valence-electron chi connectivity index (χ2n) is 8.62. The molecule has 0 aliphatic carbocycles. The highest BCUT2D eigenvalue weighted by molar-refractivity contribution is 5.95. The van der Waals surface area contributed by atoms with Crippen molar-refractivity contribution in [3.05, 3.63) is 30.3 Å². The minimum Gasteiger partial charge on any atom is -0.355 e. The summed E-state index contributed by atoms with van der Waals surface area (Å²) in [6.45, 7) is 9.83. The Morgan fingerprint density at radius 1 is 1.20 bits per heavy atom. The molecule has 1 aliphatic rings. The zero-order chi connectivity index (χ0) is 21.9. The van der Waals surface area contributed by atoms with Gasteiger partial charge in [-0.15, -0.1) is 0 Å². The number of carbonyl (C=O) groups excluding carboxylic acids is 2. The van der Waals surface area contributed by atoms with Crippen LogP contribution in [0.4, 0.5) is 5.69 Å². The van der Waals surface area contributed by atoms with Gasteiger partial charge in [-0.25, -0.2) is 0 Å². The van der Waals surface area contributed by atoms with Crippen LogP contribution in [0.25, 0.3) is 0 Å². The summed E-state index contributed by atoms with van der Waals surface area (Å²) in [5.74, 6) is 1.02. The van der Waals surface area contributed by atoms with E-state index < -0.39 is 0 Å². The molecule has 1 N–H and O–H groups in total. The molecule has 1 aliphatic heterocycles. The molecule has 1 unspecified atom stereocenters. The van der Waals surface area contributed by atoms with E-state index in [0.29, 0.717) is 25.0 Å². The van der Waals surface area contributed by atoms with Crippen molar-refractivity contribution in [2.75, 3.05) is 31.1 Å². The molecule has 1 aromatic rings. The molecule has 1 heterocycles. The van der Waals surface area contributed by atoms with Gasteiger partial charge < -0.3 is 10.2 Å². The maximum atomic E-state index is 12.7. The number of anilines is 1. The van der Waals surface area contributed by atoms with Crippen LogP contribution in [0.3, 0.4) is 0 Å². The largest absolute Gasteiger partial charge is 0.355 e. The molecule has 2 rings (SSSR count). The summed E-state index contributed by atoms with van der Waals surface area (Å²) in [6.07, 6.45) is 2.99. The normalized spacial score (nSPS) is 16.1. The van der Waals surface area contributed by atoms with Gasteiger partial charge in [0.1, 0.15) is 0 Å². The topological polar surface area (TPSA) is 76.4 Å². The maximum Gasteiger partial charge on any atom is 0.227 e. The molecule has 6 heteroatoms. The Hall–Kier alpha value is -2.39. The van der Waals surface area contributed by atoms with Crippen molar-refractivity contribution in [3.63, 3.8) is 0 Å². The van der Waals surface area contributed by atoms with Crippen molar-refractivity contribution in [1.29, 1.82) is 5.26 Å². The van der Waals surface area contributed by atoms with Gasteiger partial charge >= 0.3 is 0 Å². The number of nitrogens with zero attached hydrogens (tertiary/aromatic N) is 3. The summed E-state index contributed by atoms with van der Waals surface area (Å²) in [5, 5.41) is 11.9. The number of hydrogen-bond donors (Lipinski definition) is 1. The number of benzene rings is 1. The summed E-state index contributed by atoms with van der Waals surface area (Å²) < 4.78 is 0. The summed E-state index contributed by atoms with van der Waals surface area (Å²) in [7, 11) is 0. The smallest absolute Gasteiger partial charge is 0.227 e. The Balaban J connectivity index is 1.84. The standard InChI is InChI=1S/C24H36N4O2/c1-19(2)22(27-16-12-20(3)13-17-27)18-26-23(29)10-11-24(30)28(15-7-14-25)21-8-5-4-6-9-21/h4-6,8-9,19-20,22H,7,10-13,15-18H2,1-3H3,(H,26,29). The summed E-state index contributed by atoms with van der Waals surface area (Å²) in [4.78, 5) is 29.2. The van der Waals surface area contributed by atoms with Gasteiger partial charge in [0.15, 0.2) is 0 Å². The van der Waals surface area contributed by atoms with Crippen LogP contribution in [0.1, 0.15) is 52.9 Å². The SMILES string of the molecule is CC1CCN(C(CNC(=O)CCC(=O)N(CCC#N)c2ccccc2)C(C)C)CC1. The third-order valence-electron chi connectivity index (χ3n) is 5.95. The second-order valence-corrected chi connectivity index (χ2v) is 8.62. The first-order chi connectivity index (χ1) is 14.4. The number of nitriles is 1. The molecule has 1 fully saturated rings. The first kappa shape index (κ1) is 23.9. The first-order valence-corrected chi connectivity index (χ1v) is 11.2. The molecule has 6 nitrogen and oxygen atoms in total. The summed E-state index contributed by atoms with van der Waals surface area (Å²) in [6, 6.07) is 11.7. The molecule has 2 amide bonds. The monoisotopic (exact) mass is 412 g/mol. The molecular formula is C24H36N4O2. The molecule has 1 atom stereocenters. The highest BCUT2D eigenvalue weighted by Crippen LogP contribution is 2.21. The minimum atomic E-state index is -0.128. The zero-order valence-electron chi connectivity index (χ0n) is 18.6. The fourth-order valence-corrected chi connectivity index (χ4v) is 3.98. The molecule has 164 valence electrons. The number of hydrogen-bond acceptors (Lipinski definition) is 4. The fourth-order valence-electron chi connectivity index (χ4n) is 3.98. The zero-order valence-corrected chi connectivity index (χ0v) is 18.6. The molecule has 0 saturated carbocycles. The molecule has 0 radical (unpaired) electrons. The lowest BCUT2D eigenvalue weighted by Gasteiger charge is -2.38.